The van der Waals surface area contributed by atoms with Gasteiger partial charge in [-0.1, -0.05) is 122 Å². The van der Waals surface area contributed by atoms with Crippen LogP contribution in [-0.4, -0.2) is 10.2 Å². The normalized spacial score (nSPS) is 12.1. The Balaban J connectivity index is 0.000000208. The number of benzene rings is 5. The summed E-state index contributed by atoms with van der Waals surface area (Å²) < 4.78 is 0. The number of hydrogen-bond acceptors (Lipinski definition) is 0. The Labute approximate surface area is 274 Å². The van der Waals surface area contributed by atoms with E-state index in [4.69, 9.17) is 0 Å². The average Bonchev–Trinajstić information content (AvgIpc) is 3.51. The maximum atomic E-state index is 3.46. The van der Waals surface area contributed by atoms with Crippen LogP contribution in [-0.2, 0) is 45.5 Å². The first-order valence-corrected chi connectivity index (χ1v) is 14.2. The van der Waals surface area contributed by atoms with E-state index in [0.717, 1.165) is 12.8 Å². The second-order valence-corrected chi connectivity index (χ2v) is 10.6. The molecule has 0 spiro atoms. The van der Waals surface area contributed by atoms with Crippen molar-refractivity contribution in [2.75, 3.05) is 0 Å². The summed E-state index contributed by atoms with van der Waals surface area (Å²) in [6.07, 6.45) is 10.3. The van der Waals surface area contributed by atoms with Crippen LogP contribution in [0.3, 0.4) is 0 Å². The van der Waals surface area contributed by atoms with Crippen LogP contribution < -0.4 is 24.8 Å². The van der Waals surface area contributed by atoms with Gasteiger partial charge < -0.3 is 24.8 Å². The van der Waals surface area contributed by atoms with Gasteiger partial charge in [0.15, 0.2) is 0 Å². The molecule has 5 aromatic carbocycles. The Morgan fingerprint density at radius 1 is 0.575 bits per heavy atom. The summed E-state index contributed by atoms with van der Waals surface area (Å²) in [5.74, 6) is 0. The SMILES string of the molecule is CC1=[C-]c2c(ccc3ccccc23)C1.CC1=[C-]c2c(ccc3ccccc23)C1.[Cl-].[Cl-].[SiH2]CCc1ccccc1.[Zr+4]. The molecule has 0 heterocycles. The van der Waals surface area contributed by atoms with Crippen LogP contribution >= 0.6 is 0 Å². The predicted octanol–water partition coefficient (Wildman–Crippen LogP) is 2.27. The van der Waals surface area contributed by atoms with Crippen LogP contribution in [0.1, 0.15) is 41.7 Å². The van der Waals surface area contributed by atoms with E-state index < -0.39 is 0 Å². The van der Waals surface area contributed by atoms with Gasteiger partial charge in [0.25, 0.3) is 0 Å². The molecule has 0 aliphatic heterocycles. The third kappa shape index (κ3) is 8.17. The van der Waals surface area contributed by atoms with E-state index in [1.54, 1.807) is 0 Å². The summed E-state index contributed by atoms with van der Waals surface area (Å²) in [4.78, 5) is 0. The molecule has 0 atom stereocenters. The van der Waals surface area contributed by atoms with Crippen molar-refractivity contribution in [1.29, 1.82) is 0 Å². The van der Waals surface area contributed by atoms with Crippen LogP contribution in [0.5, 0.6) is 0 Å². The molecule has 1 radical (unpaired) electrons. The van der Waals surface area contributed by atoms with Gasteiger partial charge in [0.05, 0.1) is 0 Å². The van der Waals surface area contributed by atoms with Crippen LogP contribution in [0.25, 0.3) is 21.5 Å². The Morgan fingerprint density at radius 2 is 1.00 bits per heavy atom. The van der Waals surface area contributed by atoms with Gasteiger partial charge in [-0.05, 0) is 12.0 Å². The summed E-state index contributed by atoms with van der Waals surface area (Å²) in [7, 11) is 2.03. The Hall–Kier alpha value is -2.22. The molecule has 0 nitrogen and oxygen atoms in total. The molecule has 7 rings (SSSR count). The second-order valence-electron chi connectivity index (χ2n) is 9.90. The van der Waals surface area contributed by atoms with Gasteiger partial charge in [-0.15, -0.1) is 57.3 Å². The van der Waals surface area contributed by atoms with Crippen molar-refractivity contribution in [1.82, 2.24) is 0 Å². The first-order valence-electron chi connectivity index (χ1n) is 13.2. The molecule has 4 heteroatoms. The molecule has 2 aliphatic carbocycles. The molecule has 0 saturated heterocycles. The average molecular weight is 656 g/mol. The minimum Gasteiger partial charge on any atom is -1.00 e. The fourth-order valence-corrected chi connectivity index (χ4v) is 5.57. The molecular weight excluding hydrogens is 623 g/mol. The fourth-order valence-electron chi connectivity index (χ4n) is 5.16. The number of rotatable bonds is 2. The van der Waals surface area contributed by atoms with E-state index in [2.05, 4.69) is 129 Å². The van der Waals surface area contributed by atoms with Gasteiger partial charge in [0.1, 0.15) is 0 Å². The van der Waals surface area contributed by atoms with Crippen LogP contribution in [0.15, 0.2) is 114 Å². The molecule has 0 unspecified atom stereocenters. The molecule has 0 amide bonds. The minimum atomic E-state index is 0. The minimum absolute atomic E-state index is 0. The third-order valence-corrected chi connectivity index (χ3v) is 7.28. The summed E-state index contributed by atoms with van der Waals surface area (Å²) >= 11 is 0. The largest absolute Gasteiger partial charge is 4.00 e. The zero-order valence-corrected chi connectivity index (χ0v) is 28.5. The van der Waals surface area contributed by atoms with Gasteiger partial charge in [-0.3, -0.25) is 0 Å². The molecule has 2 aliphatic rings. The number of allylic oxidation sites excluding steroid dienone is 2. The van der Waals surface area contributed by atoms with Crippen molar-refractivity contribution in [3.05, 3.63) is 154 Å². The zero-order chi connectivity index (χ0) is 25.6. The maximum Gasteiger partial charge on any atom is 4.00 e. The van der Waals surface area contributed by atoms with Crippen molar-refractivity contribution in [3.8, 4) is 0 Å². The molecule has 0 aromatic heterocycles. The third-order valence-electron chi connectivity index (χ3n) is 6.93. The van der Waals surface area contributed by atoms with Crippen molar-refractivity contribution in [3.63, 3.8) is 0 Å². The molecule has 0 fully saturated rings. The summed E-state index contributed by atoms with van der Waals surface area (Å²) in [5.41, 5.74) is 9.59. The van der Waals surface area contributed by atoms with E-state index in [0.29, 0.717) is 0 Å². The predicted molar refractivity (Wildman–Crippen MR) is 162 cm³/mol. The Bertz CT molecular complexity index is 1500. The Morgan fingerprint density at radius 3 is 1.45 bits per heavy atom. The number of aryl methyl sites for hydroxylation is 1. The molecule has 0 bridgehead atoms. The first kappa shape index (κ1) is 34.0. The topological polar surface area (TPSA) is 0 Å². The van der Waals surface area contributed by atoms with E-state index in [1.807, 2.05) is 10.2 Å². The molecule has 5 aromatic rings. The molecule has 0 saturated carbocycles. The van der Waals surface area contributed by atoms with Crippen LogP contribution in [0.4, 0.5) is 0 Å². The molecule has 40 heavy (non-hydrogen) atoms. The standard InChI is InChI=1S/2C14H11.C8H11Si.2ClH.Zr/c2*1-10-8-12-7-6-11-4-2-3-5-13(11)14(12)9-10;9-7-6-8-4-2-1-3-5-8;;;/h2*2-7H,8H2,1H3;1-5H,6-7,9H2;2*1H;/q2*-1;;;;+4/p-2. The van der Waals surface area contributed by atoms with E-state index in [-0.39, 0.29) is 51.0 Å². The van der Waals surface area contributed by atoms with Crippen LogP contribution in [0, 0.1) is 12.2 Å². The second kappa shape index (κ2) is 16.3. The van der Waals surface area contributed by atoms with Gasteiger partial charge in [0, 0.05) is 10.2 Å². The van der Waals surface area contributed by atoms with E-state index in [9.17, 15) is 0 Å². The summed E-state index contributed by atoms with van der Waals surface area (Å²) in [6.45, 7) is 4.30. The monoisotopic (exact) mass is 653 g/mol. The van der Waals surface area contributed by atoms with Gasteiger partial charge in [0.2, 0.25) is 0 Å². The summed E-state index contributed by atoms with van der Waals surface area (Å²) in [6, 6.07) is 37.7. The number of fused-ring (bicyclic) bond motifs is 6. The van der Waals surface area contributed by atoms with Crippen molar-refractivity contribution < 1.29 is 51.0 Å². The number of hydrogen-bond donors (Lipinski definition) is 0. The van der Waals surface area contributed by atoms with Gasteiger partial charge in [-0.25, -0.2) is 0 Å². The fraction of sp³-hybridized carbons (Fsp3) is 0.167. The van der Waals surface area contributed by atoms with E-state index >= 15 is 0 Å². The first-order chi connectivity index (χ1) is 18.1. The smallest absolute Gasteiger partial charge is 1.00 e. The molecular formula is C36H33Cl2SiZr. The van der Waals surface area contributed by atoms with Crippen molar-refractivity contribution >= 4 is 31.8 Å². The van der Waals surface area contributed by atoms with Crippen molar-refractivity contribution in [2.45, 2.75) is 39.2 Å². The molecule has 0 N–H and O–H groups in total. The van der Waals surface area contributed by atoms with Gasteiger partial charge >= 0.3 is 26.2 Å². The quantitative estimate of drug-likeness (QED) is 0.203. The molecule has 199 valence electrons. The van der Waals surface area contributed by atoms with Gasteiger partial charge in [-0.2, -0.15) is 23.3 Å². The summed E-state index contributed by atoms with van der Waals surface area (Å²) in [5, 5.41) is 5.30. The number of halogens is 2. The Kier molecular flexibility index (Phi) is 13.8. The van der Waals surface area contributed by atoms with E-state index in [1.165, 1.54) is 73.0 Å². The zero-order valence-electron chi connectivity index (χ0n) is 23.1. The van der Waals surface area contributed by atoms with Crippen molar-refractivity contribution in [2.24, 2.45) is 0 Å². The maximum absolute atomic E-state index is 3.46. The van der Waals surface area contributed by atoms with Crippen LogP contribution in [0.2, 0.25) is 6.04 Å².